The van der Waals surface area contributed by atoms with Gasteiger partial charge in [0.15, 0.2) is 0 Å². The van der Waals surface area contributed by atoms with E-state index in [0.717, 1.165) is 44.4 Å². The minimum absolute atomic E-state index is 0.205. The van der Waals surface area contributed by atoms with E-state index in [9.17, 15) is 8.78 Å². The molecule has 0 aliphatic heterocycles. The van der Waals surface area contributed by atoms with Crippen molar-refractivity contribution >= 4 is 0 Å². The van der Waals surface area contributed by atoms with Crippen LogP contribution in [0.25, 0.3) is 0 Å². The molecule has 0 aromatic heterocycles. The number of hydrogen-bond donors (Lipinski definition) is 0. The van der Waals surface area contributed by atoms with E-state index in [1.165, 1.54) is 18.4 Å². The number of allylic oxidation sites excluding steroid dienone is 2. The van der Waals surface area contributed by atoms with Crippen molar-refractivity contribution in [3.05, 3.63) is 11.6 Å². The first-order valence-electron chi connectivity index (χ1n) is 16.9. The van der Waals surface area contributed by atoms with Crippen molar-refractivity contribution in [3.8, 4) is 0 Å². The van der Waals surface area contributed by atoms with Crippen molar-refractivity contribution in [2.45, 2.75) is 167 Å². The van der Waals surface area contributed by atoms with Crippen LogP contribution in [-0.2, 0) is 0 Å². The first-order chi connectivity index (χ1) is 17.9. The Hall–Kier alpha value is -0.400. The monoisotopic (exact) mass is 563 g/mol. The van der Waals surface area contributed by atoms with E-state index < -0.39 is 12.3 Å². The molecule has 0 radical (unpaired) electrons. The van der Waals surface area contributed by atoms with Gasteiger partial charge in [-0.25, -0.2) is 8.78 Å². The maximum absolute atomic E-state index is 13.9. The van der Waals surface area contributed by atoms with Gasteiger partial charge < -0.3 is 0 Å². The molecule has 0 N–H and O–H groups in total. The normalized spacial score (nSPS) is 41.2. The van der Waals surface area contributed by atoms with E-state index in [1.807, 2.05) is 0 Å². The molecular formula is C38H68F2. The summed E-state index contributed by atoms with van der Waals surface area (Å²) in [7, 11) is 0. The third-order valence-corrected chi connectivity index (χ3v) is 12.4. The minimum Gasteiger partial charge on any atom is -0.247 e. The van der Waals surface area contributed by atoms with Gasteiger partial charge in [-0.3, -0.25) is 0 Å². The summed E-state index contributed by atoms with van der Waals surface area (Å²) in [5, 5.41) is 0. The maximum Gasteiger partial charge on any atom is 0.104 e. The van der Waals surface area contributed by atoms with E-state index in [0.29, 0.717) is 51.8 Å². The standard InChI is InChI=1S/C19H35F.C19H33F/c2*1-17(2,3)15-9-8-13-12-14(20)10-11-19(13,7)16(15)18(4,5)6/h13-16H,8-12H2,1-7H3;8,14-16H,9-12H2,1-7H3/t13?,14-,15?,16?,19-;14-,15?,16?,19-/m00/s1. The van der Waals surface area contributed by atoms with Crippen LogP contribution in [0.2, 0.25) is 0 Å². The molecule has 0 heterocycles. The SMILES string of the molecule is CC(C)(C)C1CC=C2C[C@@H](F)CC[C@]2(C)C1C(C)(C)C.CC(C)(C)C1CCC2C[C@@H](F)CC[C@]2(C)C1C(C)(C)C. The van der Waals surface area contributed by atoms with Gasteiger partial charge >= 0.3 is 0 Å². The summed E-state index contributed by atoms with van der Waals surface area (Å²) >= 11 is 0. The van der Waals surface area contributed by atoms with Crippen LogP contribution < -0.4 is 0 Å². The maximum atomic E-state index is 13.9. The minimum atomic E-state index is -0.610. The fourth-order valence-electron chi connectivity index (χ4n) is 10.9. The van der Waals surface area contributed by atoms with Crippen LogP contribution >= 0.6 is 0 Å². The Morgan fingerprint density at radius 3 is 1.65 bits per heavy atom. The zero-order chi connectivity index (χ0) is 30.7. The molecule has 4 rings (SSSR count). The number of rotatable bonds is 0. The lowest BCUT2D eigenvalue weighted by Crippen LogP contribution is -2.54. The van der Waals surface area contributed by atoms with Crippen LogP contribution in [0.5, 0.6) is 0 Å². The largest absolute Gasteiger partial charge is 0.247 e. The molecule has 0 saturated heterocycles. The van der Waals surface area contributed by atoms with Crippen LogP contribution in [0.3, 0.4) is 0 Å². The van der Waals surface area contributed by atoms with Gasteiger partial charge in [0.05, 0.1) is 0 Å². The lowest BCUT2D eigenvalue weighted by Gasteiger charge is -2.61. The zero-order valence-electron chi connectivity index (χ0n) is 29.2. The highest BCUT2D eigenvalue weighted by atomic mass is 19.1. The summed E-state index contributed by atoms with van der Waals surface area (Å²) in [6.07, 6.45) is 10.0. The summed E-state index contributed by atoms with van der Waals surface area (Å²) < 4.78 is 27.7. The molecular weight excluding hydrogens is 494 g/mol. The highest BCUT2D eigenvalue weighted by molar-refractivity contribution is 5.25. The quantitative estimate of drug-likeness (QED) is 0.258. The molecule has 0 aromatic carbocycles. The van der Waals surface area contributed by atoms with Gasteiger partial charge in [-0.2, -0.15) is 0 Å². The summed E-state index contributed by atoms with van der Waals surface area (Å²) in [6, 6.07) is 0. The molecule has 40 heavy (non-hydrogen) atoms. The highest BCUT2D eigenvalue weighted by Crippen LogP contribution is 2.64. The molecule has 0 spiro atoms. The average Bonchev–Trinajstić information content (AvgIpc) is 2.76. The first kappa shape index (κ1) is 34.1. The van der Waals surface area contributed by atoms with Gasteiger partial charge in [-0.15, -0.1) is 0 Å². The second-order valence-corrected chi connectivity index (χ2v) is 19.5. The van der Waals surface area contributed by atoms with Crippen LogP contribution in [0, 0.1) is 62.1 Å². The van der Waals surface area contributed by atoms with Gasteiger partial charge in [0, 0.05) is 6.42 Å². The number of halogens is 2. The second kappa shape index (κ2) is 11.3. The van der Waals surface area contributed by atoms with Crippen molar-refractivity contribution in [2.75, 3.05) is 0 Å². The third-order valence-electron chi connectivity index (χ3n) is 12.4. The number of fused-ring (bicyclic) bond motifs is 2. The molecule has 4 aliphatic carbocycles. The molecule has 0 amide bonds. The fraction of sp³-hybridized carbons (Fsp3) is 0.947. The van der Waals surface area contributed by atoms with Crippen molar-refractivity contribution in [3.63, 3.8) is 0 Å². The van der Waals surface area contributed by atoms with Crippen LogP contribution in [-0.4, -0.2) is 12.3 Å². The highest BCUT2D eigenvalue weighted by Gasteiger charge is 2.56. The third kappa shape index (κ3) is 6.87. The Bertz CT molecular complexity index is 886. The van der Waals surface area contributed by atoms with Gasteiger partial charge in [-0.1, -0.05) is 109 Å². The predicted octanol–water partition coefficient (Wildman–Crippen LogP) is 12.4. The van der Waals surface area contributed by atoms with E-state index in [-0.39, 0.29) is 10.8 Å². The van der Waals surface area contributed by atoms with E-state index >= 15 is 0 Å². The van der Waals surface area contributed by atoms with Crippen molar-refractivity contribution in [2.24, 2.45) is 62.1 Å². The molecule has 5 unspecified atom stereocenters. The topological polar surface area (TPSA) is 0 Å². The smallest absolute Gasteiger partial charge is 0.104 e. The van der Waals surface area contributed by atoms with E-state index in [1.54, 1.807) is 0 Å². The second-order valence-electron chi connectivity index (χ2n) is 19.5. The number of alkyl halides is 2. The Morgan fingerprint density at radius 1 is 0.625 bits per heavy atom. The molecule has 2 heteroatoms. The molecule has 0 aromatic rings. The molecule has 0 bridgehead atoms. The van der Waals surface area contributed by atoms with Crippen molar-refractivity contribution < 1.29 is 8.78 Å². The lowest BCUT2D eigenvalue weighted by atomic mass is 9.44. The first-order valence-corrected chi connectivity index (χ1v) is 16.9. The molecule has 9 atom stereocenters. The summed E-state index contributed by atoms with van der Waals surface area (Å²) in [5.41, 5.74) is 3.23. The number of hydrogen-bond acceptors (Lipinski definition) is 0. The summed E-state index contributed by atoms with van der Waals surface area (Å²) in [6.45, 7) is 33.6. The van der Waals surface area contributed by atoms with E-state index in [4.69, 9.17) is 0 Å². The Morgan fingerprint density at radius 2 is 1.15 bits per heavy atom. The predicted molar refractivity (Wildman–Crippen MR) is 171 cm³/mol. The molecule has 0 nitrogen and oxygen atoms in total. The van der Waals surface area contributed by atoms with Crippen LogP contribution in [0.1, 0.15) is 155 Å². The average molecular weight is 563 g/mol. The van der Waals surface area contributed by atoms with Crippen molar-refractivity contribution in [1.82, 2.24) is 0 Å². The molecule has 4 aliphatic rings. The summed E-state index contributed by atoms with van der Waals surface area (Å²) in [5.74, 6) is 3.41. The fourth-order valence-corrected chi connectivity index (χ4v) is 10.9. The summed E-state index contributed by atoms with van der Waals surface area (Å²) in [4.78, 5) is 0. The Labute approximate surface area is 249 Å². The van der Waals surface area contributed by atoms with Gasteiger partial charge in [0.2, 0.25) is 0 Å². The lowest BCUT2D eigenvalue weighted by molar-refractivity contribution is -0.126. The van der Waals surface area contributed by atoms with Crippen LogP contribution in [0.15, 0.2) is 11.6 Å². The molecule has 234 valence electrons. The Balaban J connectivity index is 0.000000220. The van der Waals surface area contributed by atoms with Crippen molar-refractivity contribution in [1.29, 1.82) is 0 Å². The molecule has 3 saturated carbocycles. The Kier molecular flexibility index (Phi) is 9.60. The van der Waals surface area contributed by atoms with Gasteiger partial charge in [0.25, 0.3) is 0 Å². The van der Waals surface area contributed by atoms with Gasteiger partial charge in [0.1, 0.15) is 12.3 Å². The van der Waals surface area contributed by atoms with Gasteiger partial charge in [-0.05, 0) is 113 Å². The molecule has 3 fully saturated rings. The zero-order valence-corrected chi connectivity index (χ0v) is 29.2. The van der Waals surface area contributed by atoms with Crippen LogP contribution in [0.4, 0.5) is 8.78 Å². The van der Waals surface area contributed by atoms with E-state index in [2.05, 4.69) is 103 Å².